The highest BCUT2D eigenvalue weighted by atomic mass is 32.1. The summed E-state index contributed by atoms with van der Waals surface area (Å²) in [5.74, 6) is 0. The van der Waals surface area contributed by atoms with Gasteiger partial charge < -0.3 is 15.4 Å². The van der Waals surface area contributed by atoms with Crippen molar-refractivity contribution in [3.8, 4) is 0 Å². The maximum absolute atomic E-state index is 11.7. The minimum Gasteiger partial charge on any atom is -0.444 e. The number of alkyl carbamates (subject to hydrolysis) is 1. The molecule has 5 nitrogen and oxygen atoms in total. The Morgan fingerprint density at radius 3 is 2.45 bits per heavy atom. The number of hydrogen-bond acceptors (Lipinski definition) is 5. The van der Waals surface area contributed by atoms with Crippen molar-refractivity contribution in [2.24, 2.45) is 0 Å². The molecule has 0 bridgehead atoms. The van der Waals surface area contributed by atoms with Crippen LogP contribution in [0.1, 0.15) is 62.7 Å². The van der Waals surface area contributed by atoms with Crippen LogP contribution in [0.4, 0.5) is 4.79 Å². The molecule has 0 fully saturated rings. The lowest BCUT2D eigenvalue weighted by molar-refractivity contribution is 0.0506. The molecular weight excluding hydrogens is 298 g/mol. The fourth-order valence-corrected chi connectivity index (χ4v) is 3.05. The fourth-order valence-electron chi connectivity index (χ4n) is 2.14. The van der Waals surface area contributed by atoms with Gasteiger partial charge in [0.1, 0.15) is 5.60 Å². The number of carbonyl (C=O) groups is 1. The van der Waals surface area contributed by atoms with Gasteiger partial charge in [-0.05, 0) is 61.4 Å². The van der Waals surface area contributed by atoms with Crippen molar-refractivity contribution in [2.75, 3.05) is 6.54 Å². The smallest absolute Gasteiger partial charge is 0.407 e. The number of thiazole rings is 1. The quantitative estimate of drug-likeness (QED) is 0.836. The standard InChI is InChI=1S/C16H29N3O2S/c1-10(18-15(20)21-16(5,6)7)8-9-17-11(2)14-12(3)22-13(4)19-14/h10-11,17H,8-9H2,1-7H3,(H,18,20). The summed E-state index contributed by atoms with van der Waals surface area (Å²) >= 11 is 1.73. The topological polar surface area (TPSA) is 63.2 Å². The van der Waals surface area contributed by atoms with Gasteiger partial charge in [0.05, 0.1) is 10.7 Å². The summed E-state index contributed by atoms with van der Waals surface area (Å²) in [6.07, 6.45) is 0.477. The van der Waals surface area contributed by atoms with Gasteiger partial charge in [-0.25, -0.2) is 9.78 Å². The Morgan fingerprint density at radius 2 is 1.95 bits per heavy atom. The summed E-state index contributed by atoms with van der Waals surface area (Å²) in [4.78, 5) is 17.5. The first-order valence-corrected chi connectivity index (χ1v) is 8.57. The van der Waals surface area contributed by atoms with E-state index in [1.807, 2.05) is 34.6 Å². The first-order valence-electron chi connectivity index (χ1n) is 7.75. The van der Waals surface area contributed by atoms with Crippen LogP contribution in [-0.4, -0.2) is 29.3 Å². The highest BCUT2D eigenvalue weighted by Crippen LogP contribution is 2.22. The van der Waals surface area contributed by atoms with Crippen LogP contribution in [0.2, 0.25) is 0 Å². The Hall–Kier alpha value is -1.14. The molecule has 2 atom stereocenters. The number of nitrogens with zero attached hydrogens (tertiary/aromatic N) is 1. The van der Waals surface area contributed by atoms with E-state index in [1.165, 1.54) is 4.88 Å². The molecular formula is C16H29N3O2S. The van der Waals surface area contributed by atoms with Crippen molar-refractivity contribution in [3.05, 3.63) is 15.6 Å². The number of aromatic nitrogens is 1. The lowest BCUT2D eigenvalue weighted by Gasteiger charge is -2.22. The van der Waals surface area contributed by atoms with Crippen molar-refractivity contribution in [1.82, 2.24) is 15.6 Å². The van der Waals surface area contributed by atoms with Crippen LogP contribution in [0.15, 0.2) is 0 Å². The van der Waals surface area contributed by atoms with Crippen molar-refractivity contribution >= 4 is 17.4 Å². The second-order valence-corrected chi connectivity index (χ2v) is 8.09. The van der Waals surface area contributed by atoms with Gasteiger partial charge in [0.25, 0.3) is 0 Å². The summed E-state index contributed by atoms with van der Waals surface area (Å²) in [5, 5.41) is 7.41. The molecule has 22 heavy (non-hydrogen) atoms. The fraction of sp³-hybridized carbons (Fsp3) is 0.750. The normalized spacial score (nSPS) is 14.5. The number of ether oxygens (including phenoxy) is 1. The van der Waals surface area contributed by atoms with Gasteiger partial charge in [-0.2, -0.15) is 0 Å². The maximum atomic E-state index is 11.7. The molecule has 1 rings (SSSR count). The molecule has 0 spiro atoms. The molecule has 0 radical (unpaired) electrons. The molecule has 1 aromatic heterocycles. The summed E-state index contributed by atoms with van der Waals surface area (Å²) in [7, 11) is 0. The van der Waals surface area contributed by atoms with E-state index in [2.05, 4.69) is 29.5 Å². The van der Waals surface area contributed by atoms with Crippen LogP contribution >= 0.6 is 11.3 Å². The van der Waals surface area contributed by atoms with Crippen molar-refractivity contribution in [2.45, 2.75) is 72.6 Å². The lowest BCUT2D eigenvalue weighted by Crippen LogP contribution is -2.39. The highest BCUT2D eigenvalue weighted by Gasteiger charge is 2.18. The first kappa shape index (κ1) is 18.9. The Bertz CT molecular complexity index is 494. The summed E-state index contributed by atoms with van der Waals surface area (Å²) in [6, 6.07) is 0.284. The van der Waals surface area contributed by atoms with Crippen LogP contribution in [-0.2, 0) is 4.74 Å². The summed E-state index contributed by atoms with van der Waals surface area (Å²) in [6.45, 7) is 14.6. The number of amides is 1. The Labute approximate surface area is 137 Å². The molecule has 1 amide bonds. The van der Waals surface area contributed by atoms with Gasteiger partial charge in [0.2, 0.25) is 0 Å². The van der Waals surface area contributed by atoms with E-state index < -0.39 is 5.60 Å². The van der Waals surface area contributed by atoms with Gasteiger partial charge >= 0.3 is 6.09 Å². The molecule has 0 saturated carbocycles. The molecule has 2 unspecified atom stereocenters. The van der Waals surface area contributed by atoms with Crippen LogP contribution in [0.5, 0.6) is 0 Å². The summed E-state index contributed by atoms with van der Waals surface area (Å²) < 4.78 is 5.24. The van der Waals surface area contributed by atoms with E-state index in [0.29, 0.717) is 0 Å². The van der Waals surface area contributed by atoms with Crippen LogP contribution in [0.25, 0.3) is 0 Å². The van der Waals surface area contributed by atoms with E-state index in [0.717, 1.165) is 23.7 Å². The number of rotatable bonds is 6. The number of nitrogens with one attached hydrogen (secondary N) is 2. The van der Waals surface area contributed by atoms with Crippen LogP contribution in [0, 0.1) is 13.8 Å². The zero-order chi connectivity index (χ0) is 16.9. The molecule has 0 aliphatic carbocycles. The zero-order valence-electron chi connectivity index (χ0n) is 14.7. The van der Waals surface area contributed by atoms with Gasteiger partial charge in [-0.3, -0.25) is 0 Å². The minimum atomic E-state index is -0.462. The Morgan fingerprint density at radius 1 is 1.32 bits per heavy atom. The Balaban J connectivity index is 2.31. The molecule has 6 heteroatoms. The molecule has 1 heterocycles. The molecule has 2 N–H and O–H groups in total. The first-order chi connectivity index (χ1) is 10.1. The second kappa shape index (κ2) is 7.92. The second-order valence-electron chi connectivity index (χ2n) is 6.69. The largest absolute Gasteiger partial charge is 0.444 e. The van der Waals surface area contributed by atoms with E-state index in [4.69, 9.17) is 4.74 Å². The summed E-state index contributed by atoms with van der Waals surface area (Å²) in [5.41, 5.74) is 0.659. The predicted octanol–water partition coefficient (Wildman–Crippen LogP) is 3.71. The van der Waals surface area contributed by atoms with Crippen molar-refractivity contribution < 1.29 is 9.53 Å². The monoisotopic (exact) mass is 327 g/mol. The molecule has 0 aliphatic heterocycles. The highest BCUT2D eigenvalue weighted by molar-refractivity contribution is 7.11. The third-order valence-corrected chi connectivity index (χ3v) is 4.04. The van der Waals surface area contributed by atoms with E-state index in [-0.39, 0.29) is 18.2 Å². The van der Waals surface area contributed by atoms with Crippen LogP contribution in [0.3, 0.4) is 0 Å². The third kappa shape index (κ3) is 6.75. The Kier molecular flexibility index (Phi) is 6.81. The average molecular weight is 327 g/mol. The van der Waals surface area contributed by atoms with Crippen molar-refractivity contribution in [1.29, 1.82) is 0 Å². The number of carbonyl (C=O) groups excluding carboxylic acids is 1. The van der Waals surface area contributed by atoms with Crippen molar-refractivity contribution in [3.63, 3.8) is 0 Å². The van der Waals surface area contributed by atoms with E-state index in [1.54, 1.807) is 11.3 Å². The van der Waals surface area contributed by atoms with Gasteiger partial charge in [0.15, 0.2) is 0 Å². The van der Waals surface area contributed by atoms with Crippen LogP contribution < -0.4 is 10.6 Å². The van der Waals surface area contributed by atoms with E-state index in [9.17, 15) is 4.79 Å². The SMILES string of the molecule is Cc1nc(C(C)NCCC(C)NC(=O)OC(C)(C)C)c(C)s1. The molecule has 0 aliphatic rings. The lowest BCUT2D eigenvalue weighted by atomic mass is 10.2. The van der Waals surface area contributed by atoms with Gasteiger partial charge in [0, 0.05) is 17.0 Å². The third-order valence-electron chi connectivity index (χ3n) is 3.14. The average Bonchev–Trinajstić information content (AvgIpc) is 2.65. The zero-order valence-corrected chi connectivity index (χ0v) is 15.6. The molecule has 1 aromatic rings. The number of aryl methyl sites for hydroxylation is 2. The molecule has 0 aromatic carbocycles. The van der Waals surface area contributed by atoms with E-state index >= 15 is 0 Å². The molecule has 126 valence electrons. The number of hydrogen-bond donors (Lipinski definition) is 2. The minimum absolute atomic E-state index is 0.0628. The molecule has 0 saturated heterocycles. The maximum Gasteiger partial charge on any atom is 0.407 e. The van der Waals surface area contributed by atoms with Gasteiger partial charge in [-0.15, -0.1) is 11.3 Å². The predicted molar refractivity (Wildman–Crippen MR) is 91.5 cm³/mol. The van der Waals surface area contributed by atoms with Gasteiger partial charge in [-0.1, -0.05) is 0 Å².